The summed E-state index contributed by atoms with van der Waals surface area (Å²) in [4.78, 5) is 14.9. The Morgan fingerprint density at radius 1 is 1.43 bits per heavy atom. The largest absolute Gasteiger partial charge is 0.396 e. The number of nitrogens with one attached hydrogen (secondary N) is 1. The van der Waals surface area contributed by atoms with Gasteiger partial charge in [-0.25, -0.2) is 0 Å². The number of amides is 1. The van der Waals surface area contributed by atoms with Crippen LogP contribution in [0, 0.1) is 5.92 Å². The minimum absolute atomic E-state index is 0.0653. The maximum atomic E-state index is 12.5. The third-order valence-corrected chi connectivity index (χ3v) is 5.05. The summed E-state index contributed by atoms with van der Waals surface area (Å²) >= 11 is 1.70. The summed E-state index contributed by atoms with van der Waals surface area (Å²) in [7, 11) is 0. The van der Waals surface area contributed by atoms with E-state index in [2.05, 4.69) is 34.5 Å². The molecule has 0 aromatic heterocycles. The molecule has 1 heterocycles. The Balaban J connectivity index is 1.85. The molecule has 2 unspecified atom stereocenters. The van der Waals surface area contributed by atoms with Crippen molar-refractivity contribution < 1.29 is 9.90 Å². The van der Waals surface area contributed by atoms with Crippen molar-refractivity contribution in [2.45, 2.75) is 31.8 Å². The normalized spacial score (nSPS) is 20.2. The number of piperidine rings is 1. The van der Waals surface area contributed by atoms with Gasteiger partial charge in [0.2, 0.25) is 5.91 Å². The van der Waals surface area contributed by atoms with Crippen molar-refractivity contribution in [3.05, 3.63) is 35.9 Å². The van der Waals surface area contributed by atoms with E-state index < -0.39 is 0 Å². The van der Waals surface area contributed by atoms with Crippen LogP contribution in [-0.2, 0) is 11.3 Å². The number of hydrogen-bond acceptors (Lipinski definition) is 4. The highest BCUT2D eigenvalue weighted by atomic mass is 32.2. The highest BCUT2D eigenvalue weighted by molar-refractivity contribution is 7.98. The first kappa shape index (κ1) is 18.3. The van der Waals surface area contributed by atoms with Crippen molar-refractivity contribution in [1.29, 1.82) is 0 Å². The molecule has 5 heteroatoms. The van der Waals surface area contributed by atoms with Gasteiger partial charge in [-0.3, -0.25) is 9.69 Å². The second-order valence-corrected chi connectivity index (χ2v) is 7.14. The van der Waals surface area contributed by atoms with E-state index >= 15 is 0 Å². The van der Waals surface area contributed by atoms with Gasteiger partial charge in [-0.1, -0.05) is 30.3 Å². The van der Waals surface area contributed by atoms with Crippen molar-refractivity contribution in [3.63, 3.8) is 0 Å². The van der Waals surface area contributed by atoms with E-state index in [1.54, 1.807) is 11.8 Å². The van der Waals surface area contributed by atoms with Crippen LogP contribution in [0.4, 0.5) is 0 Å². The Morgan fingerprint density at radius 3 is 2.91 bits per heavy atom. The van der Waals surface area contributed by atoms with Crippen LogP contribution in [0.15, 0.2) is 30.3 Å². The molecule has 0 radical (unpaired) electrons. The van der Waals surface area contributed by atoms with E-state index in [0.29, 0.717) is 6.42 Å². The van der Waals surface area contributed by atoms with Gasteiger partial charge in [-0.05, 0) is 37.6 Å². The lowest BCUT2D eigenvalue weighted by Gasteiger charge is -2.33. The lowest BCUT2D eigenvalue weighted by atomic mass is 9.96. The number of carbonyl (C=O) groups is 1. The summed E-state index contributed by atoms with van der Waals surface area (Å²) in [5.41, 5.74) is 1.30. The smallest absolute Gasteiger partial charge is 0.224 e. The number of nitrogens with zero attached hydrogens (tertiary/aromatic N) is 1. The van der Waals surface area contributed by atoms with Crippen LogP contribution >= 0.6 is 11.8 Å². The van der Waals surface area contributed by atoms with Crippen LogP contribution in [0.1, 0.15) is 24.8 Å². The number of thioether (sulfide) groups is 1. The summed E-state index contributed by atoms with van der Waals surface area (Å²) in [6, 6.07) is 10.5. The van der Waals surface area contributed by atoms with Crippen LogP contribution in [0.5, 0.6) is 0 Å². The molecule has 1 saturated heterocycles. The predicted molar refractivity (Wildman–Crippen MR) is 96.5 cm³/mol. The second-order valence-electron chi connectivity index (χ2n) is 6.23. The molecule has 1 fully saturated rings. The SMILES string of the molecule is CSCC(CCO)NC(=O)C1CCCN(Cc2ccccc2)C1. The maximum absolute atomic E-state index is 12.5. The maximum Gasteiger partial charge on any atom is 0.224 e. The van der Waals surface area contributed by atoms with Crippen LogP contribution < -0.4 is 5.32 Å². The molecule has 1 aromatic rings. The third-order valence-electron chi connectivity index (χ3n) is 4.32. The topological polar surface area (TPSA) is 52.6 Å². The molecule has 1 aliphatic heterocycles. The number of benzene rings is 1. The summed E-state index contributed by atoms with van der Waals surface area (Å²) in [5.74, 6) is 1.07. The Kier molecular flexibility index (Phi) is 7.92. The third kappa shape index (κ3) is 6.16. The van der Waals surface area contributed by atoms with Gasteiger partial charge in [0.1, 0.15) is 0 Å². The molecule has 23 heavy (non-hydrogen) atoms. The number of rotatable bonds is 8. The van der Waals surface area contributed by atoms with Crippen LogP contribution in [0.2, 0.25) is 0 Å². The zero-order chi connectivity index (χ0) is 16.5. The van der Waals surface area contributed by atoms with Crippen LogP contribution in [0.3, 0.4) is 0 Å². The zero-order valence-electron chi connectivity index (χ0n) is 13.9. The van der Waals surface area contributed by atoms with Gasteiger partial charge >= 0.3 is 0 Å². The van der Waals surface area contributed by atoms with Crippen LogP contribution in [0.25, 0.3) is 0 Å². The molecule has 2 N–H and O–H groups in total. The fraction of sp³-hybridized carbons (Fsp3) is 0.611. The summed E-state index contributed by atoms with van der Waals surface area (Å²) in [6.45, 7) is 2.92. The van der Waals surface area contributed by atoms with Crippen molar-refractivity contribution in [1.82, 2.24) is 10.2 Å². The van der Waals surface area contributed by atoms with Crippen LogP contribution in [-0.4, -0.2) is 53.7 Å². The zero-order valence-corrected chi connectivity index (χ0v) is 14.7. The molecular formula is C18H28N2O2S. The molecule has 128 valence electrons. The monoisotopic (exact) mass is 336 g/mol. The van der Waals surface area contributed by atoms with E-state index in [-0.39, 0.29) is 24.5 Å². The molecule has 0 spiro atoms. The Morgan fingerprint density at radius 2 is 2.22 bits per heavy atom. The van der Waals surface area contributed by atoms with Crippen molar-refractivity contribution >= 4 is 17.7 Å². The lowest BCUT2D eigenvalue weighted by molar-refractivity contribution is -0.127. The van der Waals surface area contributed by atoms with E-state index in [0.717, 1.165) is 38.2 Å². The number of hydrogen-bond donors (Lipinski definition) is 2. The molecule has 2 rings (SSSR count). The molecule has 1 aliphatic rings. The predicted octanol–water partition coefficient (Wildman–Crippen LogP) is 2.13. The van der Waals surface area contributed by atoms with Gasteiger partial charge in [0.25, 0.3) is 0 Å². The summed E-state index contributed by atoms with van der Waals surface area (Å²) < 4.78 is 0. The first-order valence-electron chi connectivity index (χ1n) is 8.39. The molecule has 0 aliphatic carbocycles. The van der Waals surface area contributed by atoms with E-state index in [1.165, 1.54) is 5.56 Å². The molecule has 2 atom stereocenters. The van der Waals surface area contributed by atoms with Gasteiger partial charge in [-0.15, -0.1) is 0 Å². The van der Waals surface area contributed by atoms with Crippen molar-refractivity contribution in [2.24, 2.45) is 5.92 Å². The average molecular weight is 337 g/mol. The number of likely N-dealkylation sites (tertiary alicyclic amines) is 1. The minimum atomic E-state index is 0.0653. The Labute approximate surface area is 143 Å². The first-order chi connectivity index (χ1) is 11.2. The molecule has 0 saturated carbocycles. The van der Waals surface area contributed by atoms with Gasteiger partial charge in [0, 0.05) is 31.5 Å². The molecular weight excluding hydrogens is 308 g/mol. The Bertz CT molecular complexity index is 463. The van der Waals surface area contributed by atoms with E-state index in [1.807, 2.05) is 12.3 Å². The van der Waals surface area contributed by atoms with E-state index in [4.69, 9.17) is 5.11 Å². The molecule has 1 aromatic carbocycles. The molecule has 4 nitrogen and oxygen atoms in total. The van der Waals surface area contributed by atoms with Gasteiger partial charge in [0.05, 0.1) is 5.92 Å². The molecule has 0 bridgehead atoms. The minimum Gasteiger partial charge on any atom is -0.396 e. The van der Waals surface area contributed by atoms with Crippen molar-refractivity contribution in [2.75, 3.05) is 31.7 Å². The Hall–Kier alpha value is -1.04. The first-order valence-corrected chi connectivity index (χ1v) is 9.78. The molecule has 1 amide bonds. The highest BCUT2D eigenvalue weighted by Crippen LogP contribution is 2.19. The quantitative estimate of drug-likeness (QED) is 0.764. The number of carbonyl (C=O) groups excluding carboxylic acids is 1. The van der Waals surface area contributed by atoms with E-state index in [9.17, 15) is 4.79 Å². The second kappa shape index (κ2) is 9.96. The number of aliphatic hydroxyl groups excluding tert-OH is 1. The standard InChI is InChI=1S/C18H28N2O2S/c1-23-14-17(9-11-21)19-18(22)16-8-5-10-20(13-16)12-15-6-3-2-4-7-15/h2-4,6-7,16-17,21H,5,8-14H2,1H3,(H,19,22). The summed E-state index contributed by atoms with van der Waals surface area (Å²) in [6.07, 6.45) is 4.69. The number of aliphatic hydroxyl groups is 1. The van der Waals surface area contributed by atoms with Gasteiger partial charge < -0.3 is 10.4 Å². The fourth-order valence-electron chi connectivity index (χ4n) is 3.13. The summed E-state index contributed by atoms with van der Waals surface area (Å²) in [5, 5.41) is 12.3. The lowest BCUT2D eigenvalue weighted by Crippen LogP contribution is -2.46. The average Bonchev–Trinajstić information content (AvgIpc) is 2.56. The van der Waals surface area contributed by atoms with Gasteiger partial charge in [0.15, 0.2) is 0 Å². The fourth-order valence-corrected chi connectivity index (χ4v) is 3.78. The van der Waals surface area contributed by atoms with Gasteiger partial charge in [-0.2, -0.15) is 11.8 Å². The highest BCUT2D eigenvalue weighted by Gasteiger charge is 2.27. The van der Waals surface area contributed by atoms with Crippen molar-refractivity contribution in [3.8, 4) is 0 Å².